The molecule has 1 fully saturated rings. The molecule has 1 amide bonds. The number of aromatic nitrogens is 2. The van der Waals surface area contributed by atoms with E-state index in [1.54, 1.807) is 0 Å². The summed E-state index contributed by atoms with van der Waals surface area (Å²) in [6, 6.07) is 11.5. The van der Waals surface area contributed by atoms with Crippen molar-refractivity contribution in [1.82, 2.24) is 10.2 Å². The highest BCUT2D eigenvalue weighted by Crippen LogP contribution is 2.29. The summed E-state index contributed by atoms with van der Waals surface area (Å²) in [4.78, 5) is 12.8. The minimum absolute atomic E-state index is 0.159. The molecule has 1 aliphatic carbocycles. The Morgan fingerprint density at radius 3 is 2.58 bits per heavy atom. The average Bonchev–Trinajstić information content (AvgIpc) is 3.25. The highest BCUT2D eigenvalue weighted by Gasteiger charge is 2.27. The van der Waals surface area contributed by atoms with Gasteiger partial charge in [0, 0.05) is 11.8 Å². The van der Waals surface area contributed by atoms with Crippen LogP contribution < -0.4 is 5.32 Å². The zero-order valence-electron chi connectivity index (χ0n) is 14.3. The molecule has 5 heteroatoms. The lowest BCUT2D eigenvalue weighted by molar-refractivity contribution is -0.131. The highest BCUT2D eigenvalue weighted by atomic mass is 16.5. The second-order valence-electron chi connectivity index (χ2n) is 6.69. The fourth-order valence-corrected chi connectivity index (χ4v) is 3.02. The summed E-state index contributed by atoms with van der Waals surface area (Å²) < 4.78 is 6.14. The Morgan fingerprint density at radius 2 is 1.96 bits per heavy atom. The standard InChI is InChI=1S/C19H25N3O2/c1-13(2)16-12-17(22-21-16)20-19(23)18(14-8-4-3-5-9-14)24-15-10-6-7-11-15/h3-5,8-9,12-13,15,18H,6-7,10-11H2,1-2H3,(H2,20,21,22,23)/t18-/m0/s1. The Bertz CT molecular complexity index is 660. The molecule has 2 N–H and O–H groups in total. The van der Waals surface area contributed by atoms with Gasteiger partial charge in [-0.05, 0) is 24.3 Å². The number of ether oxygens (including phenoxy) is 1. The zero-order valence-corrected chi connectivity index (χ0v) is 14.3. The molecule has 1 saturated carbocycles. The number of hydrogen-bond donors (Lipinski definition) is 2. The van der Waals surface area contributed by atoms with E-state index in [9.17, 15) is 4.79 Å². The van der Waals surface area contributed by atoms with E-state index >= 15 is 0 Å². The fraction of sp³-hybridized carbons (Fsp3) is 0.474. The number of amides is 1. The Labute approximate surface area is 142 Å². The average molecular weight is 327 g/mol. The van der Waals surface area contributed by atoms with Gasteiger partial charge in [-0.2, -0.15) is 5.10 Å². The van der Waals surface area contributed by atoms with Crippen molar-refractivity contribution in [3.8, 4) is 0 Å². The van der Waals surface area contributed by atoms with Crippen molar-refractivity contribution < 1.29 is 9.53 Å². The van der Waals surface area contributed by atoms with Crippen LogP contribution in [-0.4, -0.2) is 22.2 Å². The molecular weight excluding hydrogens is 302 g/mol. The van der Waals surface area contributed by atoms with Gasteiger partial charge in [-0.25, -0.2) is 0 Å². The summed E-state index contributed by atoms with van der Waals surface area (Å²) in [5.41, 5.74) is 1.87. The topological polar surface area (TPSA) is 67.0 Å². The zero-order chi connectivity index (χ0) is 16.9. The lowest BCUT2D eigenvalue weighted by Gasteiger charge is -2.21. The van der Waals surface area contributed by atoms with Crippen LogP contribution in [0, 0.1) is 0 Å². The second kappa shape index (κ2) is 7.62. The number of nitrogens with one attached hydrogen (secondary N) is 2. The van der Waals surface area contributed by atoms with Crippen molar-refractivity contribution in [2.45, 2.75) is 57.7 Å². The van der Waals surface area contributed by atoms with Gasteiger partial charge in [-0.15, -0.1) is 0 Å². The summed E-state index contributed by atoms with van der Waals surface area (Å²) >= 11 is 0. The Kier molecular flexibility index (Phi) is 5.30. The van der Waals surface area contributed by atoms with Gasteiger partial charge in [0.25, 0.3) is 5.91 Å². The van der Waals surface area contributed by atoms with E-state index in [-0.39, 0.29) is 12.0 Å². The number of aromatic amines is 1. The van der Waals surface area contributed by atoms with Crippen LogP contribution >= 0.6 is 0 Å². The van der Waals surface area contributed by atoms with Crippen molar-refractivity contribution in [1.29, 1.82) is 0 Å². The molecule has 0 bridgehead atoms. The van der Waals surface area contributed by atoms with Crippen LogP contribution in [0.4, 0.5) is 5.82 Å². The molecule has 2 aromatic rings. The smallest absolute Gasteiger partial charge is 0.259 e. The van der Waals surface area contributed by atoms with Gasteiger partial charge >= 0.3 is 0 Å². The molecule has 5 nitrogen and oxygen atoms in total. The molecule has 0 aliphatic heterocycles. The first kappa shape index (κ1) is 16.7. The SMILES string of the molecule is CC(C)c1cc(NC(=O)[C@@H](OC2CCCC2)c2ccccc2)n[nH]1. The first-order valence-electron chi connectivity index (χ1n) is 8.70. The number of nitrogens with zero attached hydrogens (tertiary/aromatic N) is 1. The number of hydrogen-bond acceptors (Lipinski definition) is 3. The predicted octanol–water partition coefficient (Wildman–Crippen LogP) is 4.17. The fourth-order valence-electron chi connectivity index (χ4n) is 3.02. The maximum atomic E-state index is 12.8. The molecule has 3 rings (SSSR count). The molecule has 0 unspecified atom stereocenters. The van der Waals surface area contributed by atoms with Gasteiger partial charge in [0.2, 0.25) is 0 Å². The molecule has 1 aromatic heterocycles. The van der Waals surface area contributed by atoms with E-state index in [1.165, 1.54) is 12.8 Å². The lowest BCUT2D eigenvalue weighted by Crippen LogP contribution is -2.26. The van der Waals surface area contributed by atoms with E-state index in [0.29, 0.717) is 11.7 Å². The van der Waals surface area contributed by atoms with E-state index in [4.69, 9.17) is 4.74 Å². The number of benzene rings is 1. The van der Waals surface area contributed by atoms with Crippen molar-refractivity contribution >= 4 is 11.7 Å². The number of rotatable bonds is 6. The minimum Gasteiger partial charge on any atom is -0.360 e. The van der Waals surface area contributed by atoms with Crippen LogP contribution in [0.2, 0.25) is 0 Å². The normalized spacial score (nSPS) is 16.5. The van der Waals surface area contributed by atoms with Crippen LogP contribution in [0.1, 0.15) is 62.8 Å². The Morgan fingerprint density at radius 1 is 1.25 bits per heavy atom. The summed E-state index contributed by atoms with van der Waals surface area (Å²) in [7, 11) is 0. The first-order valence-corrected chi connectivity index (χ1v) is 8.70. The quantitative estimate of drug-likeness (QED) is 0.836. The molecule has 0 saturated heterocycles. The van der Waals surface area contributed by atoms with E-state index in [0.717, 1.165) is 24.1 Å². The molecular formula is C19H25N3O2. The molecule has 128 valence electrons. The highest BCUT2D eigenvalue weighted by molar-refractivity contribution is 5.94. The van der Waals surface area contributed by atoms with Gasteiger partial charge in [-0.3, -0.25) is 9.89 Å². The van der Waals surface area contributed by atoms with Crippen molar-refractivity contribution in [2.24, 2.45) is 0 Å². The summed E-state index contributed by atoms with van der Waals surface area (Å²) in [6.07, 6.45) is 3.95. The Balaban J connectivity index is 1.74. The van der Waals surface area contributed by atoms with Crippen LogP contribution in [0.5, 0.6) is 0 Å². The summed E-state index contributed by atoms with van der Waals surface area (Å²) in [5.74, 6) is 0.706. The second-order valence-corrected chi connectivity index (χ2v) is 6.69. The minimum atomic E-state index is -0.603. The van der Waals surface area contributed by atoms with Gasteiger partial charge in [-0.1, -0.05) is 57.0 Å². The molecule has 0 radical (unpaired) electrons. The maximum Gasteiger partial charge on any atom is 0.259 e. The molecule has 1 atom stereocenters. The predicted molar refractivity (Wildman–Crippen MR) is 93.8 cm³/mol. The molecule has 1 heterocycles. The van der Waals surface area contributed by atoms with Crippen LogP contribution in [0.15, 0.2) is 36.4 Å². The molecule has 0 spiro atoms. The monoisotopic (exact) mass is 327 g/mol. The largest absolute Gasteiger partial charge is 0.360 e. The number of carbonyl (C=O) groups is 1. The van der Waals surface area contributed by atoms with Crippen molar-refractivity contribution in [3.63, 3.8) is 0 Å². The third-order valence-electron chi connectivity index (χ3n) is 4.44. The van der Waals surface area contributed by atoms with Gasteiger partial charge in [0.15, 0.2) is 11.9 Å². The van der Waals surface area contributed by atoms with E-state index < -0.39 is 6.10 Å². The van der Waals surface area contributed by atoms with Gasteiger partial charge in [0.1, 0.15) is 0 Å². The molecule has 1 aliphatic rings. The lowest BCUT2D eigenvalue weighted by atomic mass is 10.1. The third kappa shape index (κ3) is 4.03. The number of anilines is 1. The Hall–Kier alpha value is -2.14. The summed E-state index contributed by atoms with van der Waals surface area (Å²) in [6.45, 7) is 4.16. The van der Waals surface area contributed by atoms with Gasteiger partial charge in [0.05, 0.1) is 6.10 Å². The number of carbonyl (C=O) groups excluding carboxylic acids is 1. The van der Waals surface area contributed by atoms with Crippen LogP contribution in [-0.2, 0) is 9.53 Å². The number of H-pyrrole nitrogens is 1. The van der Waals surface area contributed by atoms with E-state index in [2.05, 4.69) is 29.4 Å². The van der Waals surface area contributed by atoms with Crippen molar-refractivity contribution in [3.05, 3.63) is 47.7 Å². The van der Waals surface area contributed by atoms with Gasteiger partial charge < -0.3 is 10.1 Å². The van der Waals surface area contributed by atoms with E-state index in [1.807, 2.05) is 36.4 Å². The maximum absolute atomic E-state index is 12.8. The third-order valence-corrected chi connectivity index (χ3v) is 4.44. The van der Waals surface area contributed by atoms with Crippen molar-refractivity contribution in [2.75, 3.05) is 5.32 Å². The first-order chi connectivity index (χ1) is 11.6. The molecule has 1 aromatic carbocycles. The van der Waals surface area contributed by atoms with Crippen LogP contribution in [0.3, 0.4) is 0 Å². The van der Waals surface area contributed by atoms with Crippen LogP contribution in [0.25, 0.3) is 0 Å². The molecule has 24 heavy (non-hydrogen) atoms. The summed E-state index contributed by atoms with van der Waals surface area (Å²) in [5, 5.41) is 10.0.